The number of hydrogen-bond acceptors (Lipinski definition) is 4. The lowest BCUT2D eigenvalue weighted by molar-refractivity contribution is -0.138. The average Bonchev–Trinajstić information content (AvgIpc) is 3.18. The Bertz CT molecular complexity index is 780. The van der Waals surface area contributed by atoms with Gasteiger partial charge in [0.2, 0.25) is 0 Å². The van der Waals surface area contributed by atoms with E-state index in [9.17, 15) is 22.2 Å². The van der Waals surface area contributed by atoms with Crippen molar-refractivity contribution in [2.45, 2.75) is 29.8 Å². The average molecular weight is 343 g/mol. The van der Waals surface area contributed by atoms with E-state index < -0.39 is 33.9 Å². The molecule has 1 aromatic carbocycles. The fourth-order valence-electron chi connectivity index (χ4n) is 2.45. The summed E-state index contributed by atoms with van der Waals surface area (Å²) in [5.74, 6) is -0.751. The summed E-state index contributed by atoms with van der Waals surface area (Å²) in [6.45, 7) is 0. The van der Waals surface area contributed by atoms with Gasteiger partial charge in [-0.15, -0.1) is 0 Å². The molecule has 0 radical (unpaired) electrons. The molecule has 1 atom stereocenters. The first kappa shape index (κ1) is 15.9. The minimum Gasteiger partial charge on any atom is -0.364 e. The van der Waals surface area contributed by atoms with Crippen molar-refractivity contribution in [3.8, 4) is 0 Å². The molecular formula is C15H12F3NO3S. The molecule has 0 spiro atoms. The second-order valence-corrected chi connectivity index (χ2v) is 6.75. The first-order valence-corrected chi connectivity index (χ1v) is 8.37. The number of aromatic nitrogens is 1. The van der Waals surface area contributed by atoms with Gasteiger partial charge in [0.25, 0.3) is 0 Å². The number of carbonyl (C=O) groups excluding carboxylic acids is 1. The maximum atomic E-state index is 13.4. The van der Waals surface area contributed by atoms with Gasteiger partial charge < -0.3 is 4.52 Å². The van der Waals surface area contributed by atoms with Crippen molar-refractivity contribution in [3.05, 3.63) is 46.8 Å². The highest BCUT2D eigenvalue weighted by atomic mass is 32.2. The van der Waals surface area contributed by atoms with Crippen molar-refractivity contribution in [1.82, 2.24) is 5.16 Å². The summed E-state index contributed by atoms with van der Waals surface area (Å²) >= 11 is 0. The van der Waals surface area contributed by atoms with Crippen molar-refractivity contribution in [2.75, 3.05) is 6.26 Å². The van der Waals surface area contributed by atoms with Crippen LogP contribution < -0.4 is 0 Å². The number of nitrogens with zero attached hydrogens (tertiary/aromatic N) is 1. The van der Waals surface area contributed by atoms with E-state index in [0.717, 1.165) is 31.4 Å². The fraction of sp³-hybridized carbons (Fsp3) is 0.333. The van der Waals surface area contributed by atoms with Crippen molar-refractivity contribution >= 4 is 16.6 Å². The van der Waals surface area contributed by atoms with Gasteiger partial charge in [-0.05, 0) is 36.5 Å². The van der Waals surface area contributed by atoms with E-state index in [0.29, 0.717) is 5.56 Å². The molecule has 1 unspecified atom stereocenters. The molecule has 1 fully saturated rings. The highest BCUT2D eigenvalue weighted by Crippen LogP contribution is 2.45. The van der Waals surface area contributed by atoms with Crippen LogP contribution in [0.1, 0.15) is 45.8 Å². The number of benzene rings is 1. The molecule has 122 valence electrons. The first-order valence-electron chi connectivity index (χ1n) is 6.81. The van der Waals surface area contributed by atoms with E-state index in [1.54, 1.807) is 0 Å². The molecule has 3 rings (SSSR count). The van der Waals surface area contributed by atoms with Crippen molar-refractivity contribution in [1.29, 1.82) is 0 Å². The van der Waals surface area contributed by atoms with Crippen LogP contribution >= 0.6 is 0 Å². The topological polar surface area (TPSA) is 60.2 Å². The zero-order valence-electron chi connectivity index (χ0n) is 12.0. The van der Waals surface area contributed by atoms with Gasteiger partial charge >= 0.3 is 6.18 Å². The van der Waals surface area contributed by atoms with Gasteiger partial charge in [0, 0.05) is 16.7 Å². The molecule has 0 amide bonds. The molecule has 0 bridgehead atoms. The molecular weight excluding hydrogens is 331 g/mol. The Labute approximate surface area is 132 Å². The predicted molar refractivity (Wildman–Crippen MR) is 75.7 cm³/mol. The highest BCUT2D eigenvalue weighted by molar-refractivity contribution is 7.84. The lowest BCUT2D eigenvalue weighted by atomic mass is 9.95. The van der Waals surface area contributed by atoms with Crippen LogP contribution in [0.4, 0.5) is 13.2 Å². The minimum absolute atomic E-state index is 0.0531. The van der Waals surface area contributed by atoms with Gasteiger partial charge in [0.1, 0.15) is 6.26 Å². The Hall–Kier alpha value is -1.96. The fourth-order valence-corrected chi connectivity index (χ4v) is 3.30. The van der Waals surface area contributed by atoms with Gasteiger partial charge in [-0.2, -0.15) is 13.2 Å². The summed E-state index contributed by atoms with van der Waals surface area (Å²) in [6.07, 6.45) is 0.324. The predicted octanol–water partition coefficient (Wildman–Crippen LogP) is 3.54. The molecule has 4 nitrogen and oxygen atoms in total. The number of alkyl halides is 3. The summed E-state index contributed by atoms with van der Waals surface area (Å²) in [6, 6.07) is 2.07. The highest BCUT2D eigenvalue weighted by Gasteiger charge is 2.38. The zero-order valence-corrected chi connectivity index (χ0v) is 12.8. The monoisotopic (exact) mass is 343 g/mol. The van der Waals surface area contributed by atoms with Crippen LogP contribution in [0.5, 0.6) is 0 Å². The van der Waals surface area contributed by atoms with E-state index in [-0.39, 0.29) is 16.4 Å². The van der Waals surface area contributed by atoms with E-state index in [4.69, 9.17) is 0 Å². The Kier molecular flexibility index (Phi) is 3.87. The SMILES string of the molecule is CS(=O)c1cc(C(F)(F)F)c(C(=O)c2cnoc2)cc1C1CC1. The Morgan fingerprint density at radius 2 is 2.04 bits per heavy atom. The molecule has 2 aromatic rings. The van der Waals surface area contributed by atoms with Gasteiger partial charge in [-0.25, -0.2) is 0 Å². The van der Waals surface area contributed by atoms with E-state index in [1.165, 1.54) is 12.3 Å². The van der Waals surface area contributed by atoms with Crippen molar-refractivity contribution in [3.63, 3.8) is 0 Å². The molecule has 23 heavy (non-hydrogen) atoms. The largest absolute Gasteiger partial charge is 0.417 e. The zero-order chi connectivity index (χ0) is 16.8. The van der Waals surface area contributed by atoms with Gasteiger partial charge in [0.15, 0.2) is 5.78 Å². The standard InChI is InChI=1S/C15H12F3NO3S/c1-23(21)13-5-12(15(16,17)18)11(4-10(13)8-2-3-8)14(20)9-6-19-22-7-9/h4-8H,2-3H2,1H3. The third kappa shape index (κ3) is 3.08. The Morgan fingerprint density at radius 3 is 2.52 bits per heavy atom. The molecule has 0 saturated heterocycles. The maximum absolute atomic E-state index is 13.4. The summed E-state index contributed by atoms with van der Waals surface area (Å²) in [5.41, 5.74) is -1.05. The smallest absolute Gasteiger partial charge is 0.364 e. The summed E-state index contributed by atoms with van der Waals surface area (Å²) in [7, 11) is -1.57. The lowest BCUT2D eigenvalue weighted by Gasteiger charge is -2.16. The Morgan fingerprint density at radius 1 is 1.35 bits per heavy atom. The number of hydrogen-bond donors (Lipinski definition) is 0. The number of carbonyl (C=O) groups is 1. The van der Waals surface area contributed by atoms with E-state index in [2.05, 4.69) is 9.68 Å². The molecule has 0 N–H and O–H groups in total. The number of ketones is 1. The molecule has 1 aliphatic carbocycles. The van der Waals surface area contributed by atoms with Gasteiger partial charge in [-0.1, -0.05) is 5.16 Å². The third-order valence-electron chi connectivity index (χ3n) is 3.72. The van der Waals surface area contributed by atoms with Crippen LogP contribution in [0, 0.1) is 0 Å². The molecule has 8 heteroatoms. The van der Waals surface area contributed by atoms with Crippen LogP contribution in [-0.2, 0) is 17.0 Å². The van der Waals surface area contributed by atoms with Crippen molar-refractivity contribution in [2.24, 2.45) is 0 Å². The number of rotatable bonds is 4. The lowest BCUT2D eigenvalue weighted by Crippen LogP contribution is -2.16. The van der Waals surface area contributed by atoms with E-state index >= 15 is 0 Å². The van der Waals surface area contributed by atoms with Crippen LogP contribution in [0.15, 0.2) is 34.0 Å². The third-order valence-corrected chi connectivity index (χ3v) is 4.69. The first-order chi connectivity index (χ1) is 10.8. The maximum Gasteiger partial charge on any atom is 0.417 e. The summed E-state index contributed by atoms with van der Waals surface area (Å²) in [5, 5.41) is 3.35. The summed E-state index contributed by atoms with van der Waals surface area (Å²) in [4.78, 5) is 12.5. The molecule has 1 heterocycles. The van der Waals surface area contributed by atoms with Crippen LogP contribution in [0.2, 0.25) is 0 Å². The van der Waals surface area contributed by atoms with Crippen LogP contribution in [0.25, 0.3) is 0 Å². The molecule has 1 aromatic heterocycles. The van der Waals surface area contributed by atoms with Crippen molar-refractivity contribution < 1.29 is 26.7 Å². The van der Waals surface area contributed by atoms with Crippen LogP contribution in [-0.4, -0.2) is 21.4 Å². The number of halogens is 3. The second kappa shape index (κ2) is 5.59. The molecule has 1 saturated carbocycles. The van der Waals surface area contributed by atoms with Gasteiger partial charge in [0.05, 0.1) is 28.1 Å². The second-order valence-electron chi connectivity index (χ2n) is 5.40. The van der Waals surface area contributed by atoms with Crippen LogP contribution in [0.3, 0.4) is 0 Å². The quantitative estimate of drug-likeness (QED) is 0.797. The Balaban J connectivity index is 2.22. The van der Waals surface area contributed by atoms with Gasteiger partial charge in [-0.3, -0.25) is 9.00 Å². The molecule has 1 aliphatic rings. The molecule has 0 aliphatic heterocycles. The summed E-state index contributed by atoms with van der Waals surface area (Å²) < 4.78 is 56.4. The van der Waals surface area contributed by atoms with E-state index in [1.807, 2.05) is 0 Å². The minimum atomic E-state index is -4.72. The normalized spacial score (nSPS) is 16.3.